The van der Waals surface area contributed by atoms with Gasteiger partial charge in [0.25, 0.3) is 0 Å². The van der Waals surface area contributed by atoms with Gasteiger partial charge in [-0.15, -0.1) is 0 Å². The number of rotatable bonds is 1. The molecule has 1 unspecified atom stereocenters. The molecule has 3 aliphatic carbocycles. The first kappa shape index (κ1) is 4.77. The van der Waals surface area contributed by atoms with Crippen LogP contribution in [0.2, 0.25) is 0 Å². The molecular weight excluding hydrogens is 100 g/mol. The fourth-order valence-electron chi connectivity index (χ4n) is 1.98. The summed E-state index contributed by atoms with van der Waals surface area (Å²) in [6.07, 6.45) is 2.65. The van der Waals surface area contributed by atoms with Crippen LogP contribution >= 0.6 is 0 Å². The number of hydrogen-bond acceptors (Lipinski definition) is 2. The highest BCUT2D eigenvalue weighted by Gasteiger charge is 2.62. The zero-order valence-corrected chi connectivity index (χ0v) is 5.15. The minimum absolute atomic E-state index is 0.394. The van der Waals surface area contributed by atoms with Crippen molar-refractivity contribution in [1.82, 2.24) is 5.43 Å². The summed E-state index contributed by atoms with van der Waals surface area (Å²) in [5, 5.41) is 0. The third-order valence-electron chi connectivity index (χ3n) is 3.12. The highest BCUT2D eigenvalue weighted by molar-refractivity contribution is 5.17. The van der Waals surface area contributed by atoms with E-state index in [1.165, 1.54) is 12.8 Å². The second-order valence-electron chi connectivity index (χ2n) is 3.26. The first-order chi connectivity index (χ1) is 3.78. The SMILES string of the molecule is CC1C2CC1(NN)C2. The van der Waals surface area contributed by atoms with Crippen LogP contribution in [-0.2, 0) is 0 Å². The normalized spacial score (nSPS) is 59.2. The molecule has 3 saturated carbocycles. The van der Waals surface area contributed by atoms with E-state index < -0.39 is 0 Å². The van der Waals surface area contributed by atoms with Gasteiger partial charge in [0.05, 0.1) is 0 Å². The molecule has 0 aliphatic heterocycles. The van der Waals surface area contributed by atoms with Crippen LogP contribution in [0.25, 0.3) is 0 Å². The van der Waals surface area contributed by atoms with Gasteiger partial charge < -0.3 is 0 Å². The molecular formula is C6H12N2. The summed E-state index contributed by atoms with van der Waals surface area (Å²) in [7, 11) is 0. The van der Waals surface area contributed by atoms with E-state index in [1.54, 1.807) is 0 Å². The van der Waals surface area contributed by atoms with Crippen LogP contribution in [0, 0.1) is 11.8 Å². The van der Waals surface area contributed by atoms with Crippen molar-refractivity contribution in [2.75, 3.05) is 0 Å². The van der Waals surface area contributed by atoms with Gasteiger partial charge in [0.1, 0.15) is 0 Å². The van der Waals surface area contributed by atoms with E-state index in [1.807, 2.05) is 0 Å². The lowest BCUT2D eigenvalue weighted by molar-refractivity contribution is -0.126. The zero-order valence-electron chi connectivity index (χ0n) is 5.15. The van der Waals surface area contributed by atoms with Crippen molar-refractivity contribution in [3.63, 3.8) is 0 Å². The monoisotopic (exact) mass is 112 g/mol. The van der Waals surface area contributed by atoms with Gasteiger partial charge in [-0.2, -0.15) is 0 Å². The average molecular weight is 112 g/mol. The van der Waals surface area contributed by atoms with Gasteiger partial charge in [-0.1, -0.05) is 6.92 Å². The Morgan fingerprint density at radius 2 is 2.25 bits per heavy atom. The maximum atomic E-state index is 5.35. The maximum Gasteiger partial charge on any atom is 0.0355 e. The molecule has 3 fully saturated rings. The standard InChI is InChI=1S/C6H12N2/c1-4-5-2-6(4,3-5)8-7/h4-5,8H,2-3,7H2,1H3. The van der Waals surface area contributed by atoms with Crippen LogP contribution in [0.15, 0.2) is 0 Å². The zero-order chi connectivity index (χ0) is 5.78. The van der Waals surface area contributed by atoms with Crippen LogP contribution in [0.4, 0.5) is 0 Å². The molecule has 0 heterocycles. The summed E-state index contributed by atoms with van der Waals surface area (Å²) >= 11 is 0. The summed E-state index contributed by atoms with van der Waals surface area (Å²) in [4.78, 5) is 0. The Morgan fingerprint density at radius 3 is 2.25 bits per heavy atom. The highest BCUT2D eigenvalue weighted by Crippen LogP contribution is 2.60. The predicted octanol–water partition coefficient (Wildman–Crippen LogP) is 0.248. The van der Waals surface area contributed by atoms with Gasteiger partial charge >= 0.3 is 0 Å². The molecule has 2 bridgehead atoms. The van der Waals surface area contributed by atoms with Gasteiger partial charge in [0, 0.05) is 5.54 Å². The third-order valence-corrected chi connectivity index (χ3v) is 3.12. The number of nitrogens with one attached hydrogen (secondary N) is 1. The Morgan fingerprint density at radius 1 is 1.62 bits per heavy atom. The van der Waals surface area contributed by atoms with Crippen molar-refractivity contribution in [3.05, 3.63) is 0 Å². The maximum absolute atomic E-state index is 5.35. The molecule has 8 heavy (non-hydrogen) atoms. The predicted molar refractivity (Wildman–Crippen MR) is 31.9 cm³/mol. The summed E-state index contributed by atoms with van der Waals surface area (Å²) in [5.41, 5.74) is 3.29. The molecule has 3 aliphatic rings. The Kier molecular flexibility index (Phi) is 0.649. The van der Waals surface area contributed by atoms with E-state index >= 15 is 0 Å². The molecule has 3 N–H and O–H groups in total. The second-order valence-corrected chi connectivity index (χ2v) is 3.26. The van der Waals surface area contributed by atoms with Crippen LogP contribution in [0.3, 0.4) is 0 Å². The van der Waals surface area contributed by atoms with Crippen molar-refractivity contribution in [2.24, 2.45) is 17.7 Å². The highest BCUT2D eigenvalue weighted by atomic mass is 15.3. The lowest BCUT2D eigenvalue weighted by Gasteiger charge is -2.67. The number of hydrogen-bond donors (Lipinski definition) is 2. The molecule has 0 aromatic carbocycles. The summed E-state index contributed by atoms with van der Waals surface area (Å²) in [6.45, 7) is 2.28. The third kappa shape index (κ3) is 0.273. The van der Waals surface area contributed by atoms with Gasteiger partial charge in [-0.25, -0.2) is 0 Å². The molecule has 0 amide bonds. The molecule has 0 spiro atoms. The topological polar surface area (TPSA) is 38.0 Å². The van der Waals surface area contributed by atoms with Crippen molar-refractivity contribution in [2.45, 2.75) is 25.3 Å². The first-order valence-corrected chi connectivity index (χ1v) is 3.26. The summed E-state index contributed by atoms with van der Waals surface area (Å²) < 4.78 is 0. The van der Waals surface area contributed by atoms with Gasteiger partial charge in [-0.05, 0) is 24.7 Å². The van der Waals surface area contributed by atoms with E-state index in [4.69, 9.17) is 5.84 Å². The average Bonchev–Trinajstić information content (AvgIpc) is 1.64. The summed E-state index contributed by atoms with van der Waals surface area (Å²) in [6, 6.07) is 0. The van der Waals surface area contributed by atoms with Gasteiger partial charge in [-0.3, -0.25) is 11.3 Å². The lowest BCUT2D eigenvalue weighted by Crippen LogP contribution is -2.75. The van der Waals surface area contributed by atoms with Crippen molar-refractivity contribution in [1.29, 1.82) is 0 Å². The van der Waals surface area contributed by atoms with E-state index in [-0.39, 0.29) is 0 Å². The number of nitrogens with two attached hydrogens (primary N) is 1. The van der Waals surface area contributed by atoms with E-state index in [0.717, 1.165) is 11.8 Å². The molecule has 0 radical (unpaired) electrons. The first-order valence-electron chi connectivity index (χ1n) is 3.26. The Bertz CT molecular complexity index is 110. The lowest BCUT2D eigenvalue weighted by atomic mass is 9.43. The Labute approximate surface area is 49.4 Å². The van der Waals surface area contributed by atoms with Gasteiger partial charge in [0.15, 0.2) is 0 Å². The largest absolute Gasteiger partial charge is 0.271 e. The second kappa shape index (κ2) is 1.09. The smallest absolute Gasteiger partial charge is 0.0355 e. The molecule has 0 aromatic rings. The molecule has 0 saturated heterocycles. The number of hydrazine groups is 1. The molecule has 1 atom stereocenters. The fourth-order valence-corrected chi connectivity index (χ4v) is 1.98. The van der Waals surface area contributed by atoms with Crippen molar-refractivity contribution < 1.29 is 0 Å². The molecule has 3 rings (SSSR count). The minimum atomic E-state index is 0.394. The van der Waals surface area contributed by atoms with Crippen LogP contribution < -0.4 is 11.3 Å². The van der Waals surface area contributed by atoms with E-state index in [9.17, 15) is 0 Å². The van der Waals surface area contributed by atoms with Crippen LogP contribution in [0.1, 0.15) is 19.8 Å². The fraction of sp³-hybridized carbons (Fsp3) is 1.00. The Balaban J connectivity index is 2.08. The van der Waals surface area contributed by atoms with Crippen molar-refractivity contribution in [3.8, 4) is 0 Å². The van der Waals surface area contributed by atoms with Crippen molar-refractivity contribution >= 4 is 0 Å². The molecule has 46 valence electrons. The Hall–Kier alpha value is -0.0800. The summed E-state index contributed by atoms with van der Waals surface area (Å²) in [5.74, 6) is 7.21. The quantitative estimate of drug-likeness (QED) is 0.377. The van der Waals surface area contributed by atoms with Crippen LogP contribution in [-0.4, -0.2) is 5.54 Å². The molecule has 0 aromatic heterocycles. The van der Waals surface area contributed by atoms with Gasteiger partial charge in [0.2, 0.25) is 0 Å². The van der Waals surface area contributed by atoms with E-state index in [2.05, 4.69) is 12.3 Å². The van der Waals surface area contributed by atoms with Crippen LogP contribution in [0.5, 0.6) is 0 Å². The minimum Gasteiger partial charge on any atom is -0.271 e. The molecule has 2 nitrogen and oxygen atoms in total. The van der Waals surface area contributed by atoms with E-state index in [0.29, 0.717) is 5.54 Å². The molecule has 2 heteroatoms.